The molecular weight excluding hydrogens is 258 g/mol. The molecule has 0 heterocycles. The topological polar surface area (TPSA) is 17.1 Å². The molecule has 0 rings (SSSR count). The molecule has 0 unspecified atom stereocenters. The fraction of sp³-hybridized carbons (Fsp3) is 0.947. The summed E-state index contributed by atoms with van der Waals surface area (Å²) in [6, 6.07) is 0. The van der Waals surface area contributed by atoms with Crippen molar-refractivity contribution in [1.29, 1.82) is 0 Å². The molecule has 126 valence electrons. The number of nitrogens with zero attached hydrogens (tertiary/aromatic N) is 1. The van der Waals surface area contributed by atoms with E-state index in [0.717, 1.165) is 12.8 Å². The largest absolute Gasteiger partial charge is 0.313 e. The molecule has 0 saturated heterocycles. The van der Waals surface area contributed by atoms with Crippen molar-refractivity contribution in [2.75, 3.05) is 21.1 Å². The summed E-state index contributed by atoms with van der Waals surface area (Å²) in [5, 5.41) is 0. The number of amides is 1. The van der Waals surface area contributed by atoms with E-state index in [2.05, 4.69) is 6.92 Å². The van der Waals surface area contributed by atoms with Crippen LogP contribution in [0.1, 0.15) is 96.8 Å². The lowest BCUT2D eigenvalue weighted by atomic mass is 10.0. The summed E-state index contributed by atoms with van der Waals surface area (Å²) in [5.74, 6) is 0.359. The van der Waals surface area contributed by atoms with Gasteiger partial charge in [0.1, 0.15) is 0 Å². The average molecular weight is 299 g/mol. The van der Waals surface area contributed by atoms with Crippen LogP contribution in [0, 0.1) is 0 Å². The van der Waals surface area contributed by atoms with Crippen LogP contribution >= 0.6 is 0 Å². The van der Waals surface area contributed by atoms with Crippen molar-refractivity contribution in [3.8, 4) is 0 Å². The van der Waals surface area contributed by atoms with Gasteiger partial charge in [0.2, 0.25) is 0 Å². The highest BCUT2D eigenvalue weighted by Gasteiger charge is 2.18. The minimum Gasteiger partial charge on any atom is -0.268 e. The summed E-state index contributed by atoms with van der Waals surface area (Å²) < 4.78 is 0.470. The second kappa shape index (κ2) is 13.3. The summed E-state index contributed by atoms with van der Waals surface area (Å²) in [6.07, 6.45) is 18.4. The maximum absolute atomic E-state index is 11.7. The van der Waals surface area contributed by atoms with Crippen molar-refractivity contribution in [2.45, 2.75) is 96.8 Å². The van der Waals surface area contributed by atoms with Gasteiger partial charge in [-0.2, -0.15) is 0 Å². The molecule has 0 aromatic rings. The van der Waals surface area contributed by atoms with E-state index < -0.39 is 0 Å². The molecule has 0 spiro atoms. The van der Waals surface area contributed by atoms with E-state index >= 15 is 0 Å². The molecule has 0 fully saturated rings. The van der Waals surface area contributed by atoms with Crippen LogP contribution in [0.15, 0.2) is 0 Å². The maximum Gasteiger partial charge on any atom is 0.313 e. The first kappa shape index (κ1) is 20.6. The van der Waals surface area contributed by atoms with Gasteiger partial charge in [0.25, 0.3) is 0 Å². The van der Waals surface area contributed by atoms with E-state index in [4.69, 9.17) is 0 Å². The zero-order chi connectivity index (χ0) is 16.0. The van der Waals surface area contributed by atoms with Crippen LogP contribution in [-0.2, 0) is 4.79 Å². The van der Waals surface area contributed by atoms with Crippen molar-refractivity contribution in [3.05, 3.63) is 0 Å². The normalized spacial score (nSPS) is 11.8. The van der Waals surface area contributed by atoms with Gasteiger partial charge in [0.05, 0.1) is 27.6 Å². The molecule has 21 heavy (non-hydrogen) atoms. The second-order valence-electron chi connectivity index (χ2n) is 7.40. The molecular formula is C19H40NO+. The molecule has 0 radical (unpaired) electrons. The Labute approximate surface area is 133 Å². The van der Waals surface area contributed by atoms with Gasteiger partial charge in [-0.3, -0.25) is 4.48 Å². The molecule has 0 bridgehead atoms. The number of hydrogen-bond donors (Lipinski definition) is 0. The Hall–Kier alpha value is -0.370. The van der Waals surface area contributed by atoms with E-state index in [9.17, 15) is 4.79 Å². The summed E-state index contributed by atoms with van der Waals surface area (Å²) in [5.41, 5.74) is 0. The van der Waals surface area contributed by atoms with Crippen molar-refractivity contribution >= 4 is 5.91 Å². The Morgan fingerprint density at radius 3 is 1.29 bits per heavy atom. The van der Waals surface area contributed by atoms with Gasteiger partial charge in [-0.15, -0.1) is 0 Å². The molecule has 2 heteroatoms. The Balaban J connectivity index is 3.14. The lowest BCUT2D eigenvalue weighted by molar-refractivity contribution is -0.792. The van der Waals surface area contributed by atoms with Crippen molar-refractivity contribution in [3.63, 3.8) is 0 Å². The average Bonchev–Trinajstić information content (AvgIpc) is 2.42. The van der Waals surface area contributed by atoms with Gasteiger partial charge in [-0.1, -0.05) is 84.0 Å². The first-order valence-electron chi connectivity index (χ1n) is 9.33. The maximum atomic E-state index is 11.7. The predicted octanol–water partition coefficient (Wildman–Crippen LogP) is 5.70. The minimum atomic E-state index is 0.359. The number of carbonyl (C=O) groups excluding carboxylic acids is 1. The monoisotopic (exact) mass is 298 g/mol. The highest BCUT2D eigenvalue weighted by Crippen LogP contribution is 2.13. The van der Waals surface area contributed by atoms with Gasteiger partial charge in [-0.05, 0) is 6.42 Å². The highest BCUT2D eigenvalue weighted by molar-refractivity contribution is 5.68. The Bertz CT molecular complexity index is 242. The van der Waals surface area contributed by atoms with Crippen molar-refractivity contribution < 1.29 is 9.28 Å². The van der Waals surface area contributed by atoms with Crippen LogP contribution in [0.2, 0.25) is 0 Å². The standard InChI is InChI=1S/C19H40NO/c1-5-6-7-8-9-10-11-12-13-14-15-16-17-18-19(21)20(2,3)4/h5-18H2,1-4H3/q+1. The van der Waals surface area contributed by atoms with Crippen molar-refractivity contribution in [2.24, 2.45) is 0 Å². The van der Waals surface area contributed by atoms with E-state index in [1.165, 1.54) is 77.0 Å². The van der Waals surface area contributed by atoms with Crippen LogP contribution in [0.5, 0.6) is 0 Å². The Kier molecular flexibility index (Phi) is 13.1. The van der Waals surface area contributed by atoms with Crippen LogP contribution in [-0.4, -0.2) is 31.5 Å². The molecule has 2 nitrogen and oxygen atoms in total. The summed E-state index contributed by atoms with van der Waals surface area (Å²) >= 11 is 0. The minimum absolute atomic E-state index is 0.359. The van der Waals surface area contributed by atoms with Gasteiger partial charge < -0.3 is 0 Å². The Morgan fingerprint density at radius 2 is 0.952 bits per heavy atom. The quantitative estimate of drug-likeness (QED) is 0.297. The summed E-state index contributed by atoms with van der Waals surface area (Å²) in [6.45, 7) is 2.28. The van der Waals surface area contributed by atoms with Crippen LogP contribution in [0.4, 0.5) is 0 Å². The number of hydrogen-bond acceptors (Lipinski definition) is 1. The van der Waals surface area contributed by atoms with E-state index in [1.807, 2.05) is 21.1 Å². The first-order valence-corrected chi connectivity index (χ1v) is 9.33. The molecule has 1 amide bonds. The van der Waals surface area contributed by atoms with E-state index in [-0.39, 0.29) is 0 Å². The number of quaternary nitrogens is 1. The zero-order valence-electron chi connectivity index (χ0n) is 15.3. The highest BCUT2D eigenvalue weighted by atomic mass is 16.2. The van der Waals surface area contributed by atoms with Gasteiger partial charge >= 0.3 is 5.91 Å². The number of unbranched alkanes of at least 4 members (excludes halogenated alkanes) is 12. The van der Waals surface area contributed by atoms with Gasteiger partial charge in [-0.25, -0.2) is 4.79 Å². The number of rotatable bonds is 14. The molecule has 0 saturated carbocycles. The van der Waals surface area contributed by atoms with E-state index in [0.29, 0.717) is 10.4 Å². The molecule has 0 aromatic heterocycles. The molecule has 0 aromatic carbocycles. The summed E-state index contributed by atoms with van der Waals surface area (Å²) in [4.78, 5) is 11.7. The second-order valence-corrected chi connectivity index (χ2v) is 7.40. The van der Waals surface area contributed by atoms with Crippen LogP contribution < -0.4 is 0 Å². The first-order chi connectivity index (χ1) is 9.98. The molecule has 0 aliphatic carbocycles. The van der Waals surface area contributed by atoms with Crippen molar-refractivity contribution in [1.82, 2.24) is 0 Å². The third-order valence-corrected chi connectivity index (χ3v) is 4.24. The fourth-order valence-electron chi connectivity index (χ4n) is 2.63. The van der Waals surface area contributed by atoms with E-state index in [1.54, 1.807) is 0 Å². The van der Waals surface area contributed by atoms with Crippen LogP contribution in [0.3, 0.4) is 0 Å². The Morgan fingerprint density at radius 1 is 0.619 bits per heavy atom. The SMILES string of the molecule is CCCCCCCCCCCCCCCC(=O)[N+](C)(C)C. The fourth-order valence-corrected chi connectivity index (χ4v) is 2.63. The lowest BCUT2D eigenvalue weighted by Crippen LogP contribution is -2.40. The smallest absolute Gasteiger partial charge is 0.268 e. The summed E-state index contributed by atoms with van der Waals surface area (Å²) in [7, 11) is 5.89. The molecule has 0 N–H and O–H groups in total. The van der Waals surface area contributed by atoms with Gasteiger partial charge in [0, 0.05) is 0 Å². The molecule has 0 atom stereocenters. The predicted molar refractivity (Wildman–Crippen MR) is 93.4 cm³/mol. The zero-order valence-corrected chi connectivity index (χ0v) is 15.3. The third kappa shape index (κ3) is 14.3. The lowest BCUT2D eigenvalue weighted by Gasteiger charge is -2.20. The third-order valence-electron chi connectivity index (χ3n) is 4.24. The van der Waals surface area contributed by atoms with Gasteiger partial charge in [0.15, 0.2) is 0 Å². The number of carbonyl (C=O) groups is 1. The molecule has 0 aliphatic rings. The van der Waals surface area contributed by atoms with Crippen LogP contribution in [0.25, 0.3) is 0 Å². The molecule has 0 aliphatic heterocycles.